The van der Waals surface area contributed by atoms with Gasteiger partial charge < -0.3 is 4.55 Å². The summed E-state index contributed by atoms with van der Waals surface area (Å²) in [6.07, 6.45) is 0.585. The molecule has 0 fully saturated rings. The Hall–Kier alpha value is 1.51. The van der Waals surface area contributed by atoms with Crippen LogP contribution in [0.25, 0.3) is 0 Å². The van der Waals surface area contributed by atoms with Crippen molar-refractivity contribution in [1.29, 1.82) is 0 Å². The van der Waals surface area contributed by atoms with Crippen molar-refractivity contribution in [3.05, 3.63) is 0 Å². The van der Waals surface area contributed by atoms with Gasteiger partial charge in [0.2, 0.25) is 10.4 Å². The molecule has 0 bridgehead atoms. The summed E-state index contributed by atoms with van der Waals surface area (Å²) < 4.78 is 33.5. The third-order valence-corrected chi connectivity index (χ3v) is 1.38. The Morgan fingerprint density at radius 1 is 1.45 bits per heavy atom. The minimum atomic E-state index is -4.47. The van der Waals surface area contributed by atoms with Gasteiger partial charge in [0.15, 0.2) is 0 Å². The van der Waals surface area contributed by atoms with Crippen molar-refractivity contribution in [3.63, 3.8) is 0 Å². The van der Waals surface area contributed by atoms with Crippen LogP contribution in [0.5, 0.6) is 0 Å². The van der Waals surface area contributed by atoms with Gasteiger partial charge in [0.25, 0.3) is 0 Å². The van der Waals surface area contributed by atoms with Crippen LogP contribution in [0.1, 0.15) is 20.3 Å². The van der Waals surface area contributed by atoms with Crippen LogP contribution in [-0.2, 0) is 14.6 Å². The summed E-state index contributed by atoms with van der Waals surface area (Å²) in [6.45, 7) is 3.82. The van der Waals surface area contributed by atoms with E-state index in [0.717, 1.165) is 0 Å². The van der Waals surface area contributed by atoms with Crippen molar-refractivity contribution < 1.29 is 68.5 Å². The smallest absolute Gasteiger partial charge is 0.726 e. The van der Waals surface area contributed by atoms with Gasteiger partial charge in [-0.2, -0.15) is 0 Å². The predicted octanol–water partition coefficient (Wildman–Crippen LogP) is -2.49. The first kappa shape index (κ1) is 15.0. The van der Waals surface area contributed by atoms with Crippen LogP contribution in [0.2, 0.25) is 0 Å². The van der Waals surface area contributed by atoms with Gasteiger partial charge >= 0.3 is 51.4 Å². The summed E-state index contributed by atoms with van der Waals surface area (Å²) in [7, 11) is -4.47. The molecule has 0 saturated carbocycles. The van der Waals surface area contributed by atoms with Crippen molar-refractivity contribution >= 4 is 10.4 Å². The van der Waals surface area contributed by atoms with Crippen molar-refractivity contribution in [1.82, 2.24) is 0 Å². The van der Waals surface area contributed by atoms with Crippen molar-refractivity contribution in [2.75, 3.05) is 6.61 Å². The summed E-state index contributed by atoms with van der Waals surface area (Å²) in [6, 6.07) is 0. The Morgan fingerprint density at radius 3 is 2.18 bits per heavy atom. The molecule has 0 aromatic heterocycles. The molecule has 11 heavy (non-hydrogen) atoms. The Balaban J connectivity index is 0. The monoisotopic (exact) mass is 206 g/mol. The molecule has 0 aromatic rings. The van der Waals surface area contributed by atoms with E-state index in [1.165, 1.54) is 0 Å². The van der Waals surface area contributed by atoms with E-state index in [4.69, 9.17) is 0 Å². The van der Waals surface area contributed by atoms with Gasteiger partial charge in [0.05, 0.1) is 6.61 Å². The third kappa shape index (κ3) is 14.4. The maximum Gasteiger partial charge on any atom is 1.00 e. The molecular formula is C5H11KO4S. The molecule has 0 amide bonds. The topological polar surface area (TPSA) is 66.4 Å². The molecule has 62 valence electrons. The first-order chi connectivity index (χ1) is 4.42. The van der Waals surface area contributed by atoms with E-state index >= 15 is 0 Å². The Morgan fingerprint density at radius 2 is 1.91 bits per heavy atom. The van der Waals surface area contributed by atoms with Gasteiger partial charge in [-0.05, 0) is 12.3 Å². The van der Waals surface area contributed by atoms with E-state index < -0.39 is 10.4 Å². The number of rotatable bonds is 4. The van der Waals surface area contributed by atoms with Crippen LogP contribution < -0.4 is 51.4 Å². The van der Waals surface area contributed by atoms with Gasteiger partial charge in [-0.15, -0.1) is 0 Å². The molecule has 0 spiro atoms. The predicted molar refractivity (Wildman–Crippen MR) is 35.1 cm³/mol. The summed E-state index contributed by atoms with van der Waals surface area (Å²) in [5.41, 5.74) is 0. The van der Waals surface area contributed by atoms with Gasteiger partial charge in [0, 0.05) is 0 Å². The van der Waals surface area contributed by atoms with Crippen LogP contribution >= 0.6 is 0 Å². The first-order valence-corrected chi connectivity index (χ1v) is 4.35. The summed E-state index contributed by atoms with van der Waals surface area (Å²) in [4.78, 5) is 0. The fourth-order valence-electron chi connectivity index (χ4n) is 0.386. The molecule has 0 rings (SSSR count). The van der Waals surface area contributed by atoms with Crippen molar-refractivity contribution in [2.45, 2.75) is 20.3 Å². The standard InChI is InChI=1S/C5H12O4S.K/c1-5(2)3-4-9-10(6,7)8;/h5H,3-4H2,1-2H3,(H,6,7,8);/q;+1/p-1. The maximum atomic E-state index is 9.83. The SMILES string of the molecule is CC(C)CCOS(=O)(=O)[O-].[K+]. The molecule has 0 N–H and O–H groups in total. The Bertz CT molecular complexity index is 175. The average Bonchev–Trinajstić information content (AvgIpc) is 1.59. The first-order valence-electron chi connectivity index (χ1n) is 3.02. The van der Waals surface area contributed by atoms with Gasteiger partial charge in [0.1, 0.15) is 0 Å². The molecule has 0 aromatic carbocycles. The van der Waals surface area contributed by atoms with E-state index in [-0.39, 0.29) is 58.0 Å². The summed E-state index contributed by atoms with van der Waals surface area (Å²) in [5, 5.41) is 0. The molecular weight excluding hydrogens is 195 g/mol. The summed E-state index contributed by atoms with van der Waals surface area (Å²) in [5.74, 6) is 0.349. The third-order valence-electron chi connectivity index (χ3n) is 0.923. The van der Waals surface area contributed by atoms with Crippen LogP contribution in [0, 0.1) is 5.92 Å². The molecule has 0 saturated heterocycles. The van der Waals surface area contributed by atoms with Gasteiger partial charge in [-0.3, -0.25) is 4.18 Å². The van der Waals surface area contributed by atoms with E-state index in [9.17, 15) is 13.0 Å². The van der Waals surface area contributed by atoms with E-state index in [1.54, 1.807) is 0 Å². The minimum Gasteiger partial charge on any atom is -0.726 e. The molecule has 4 nitrogen and oxygen atoms in total. The fraction of sp³-hybridized carbons (Fsp3) is 1.00. The fourth-order valence-corrected chi connectivity index (χ4v) is 0.686. The van der Waals surface area contributed by atoms with Crippen LogP contribution in [0.3, 0.4) is 0 Å². The minimum absolute atomic E-state index is 0. The molecule has 0 atom stereocenters. The zero-order valence-corrected chi connectivity index (χ0v) is 11.0. The van der Waals surface area contributed by atoms with Crippen molar-refractivity contribution in [2.24, 2.45) is 5.92 Å². The molecule has 6 heteroatoms. The second kappa shape index (κ2) is 6.96. The second-order valence-corrected chi connectivity index (χ2v) is 3.46. The molecule has 0 aliphatic rings. The average molecular weight is 206 g/mol. The van der Waals surface area contributed by atoms with E-state index in [0.29, 0.717) is 12.3 Å². The molecule has 0 radical (unpaired) electrons. The maximum absolute atomic E-state index is 9.83. The quantitative estimate of drug-likeness (QED) is 0.290. The van der Waals surface area contributed by atoms with Gasteiger partial charge in [-0.25, -0.2) is 8.42 Å². The van der Waals surface area contributed by atoms with E-state index in [2.05, 4.69) is 4.18 Å². The van der Waals surface area contributed by atoms with Crippen LogP contribution in [-0.4, -0.2) is 19.6 Å². The number of hydrogen-bond acceptors (Lipinski definition) is 4. The molecule has 0 unspecified atom stereocenters. The van der Waals surface area contributed by atoms with E-state index in [1.807, 2.05) is 13.8 Å². The van der Waals surface area contributed by atoms with Crippen molar-refractivity contribution in [3.8, 4) is 0 Å². The zero-order chi connectivity index (χ0) is 8.20. The molecule has 0 aliphatic carbocycles. The molecule has 0 aliphatic heterocycles. The Kier molecular flexibility index (Phi) is 9.49. The van der Waals surface area contributed by atoms with Crippen LogP contribution in [0.4, 0.5) is 0 Å². The van der Waals surface area contributed by atoms with Gasteiger partial charge in [-0.1, -0.05) is 13.8 Å². The summed E-state index contributed by atoms with van der Waals surface area (Å²) >= 11 is 0. The molecule has 0 heterocycles. The Labute approximate surface area is 110 Å². The van der Waals surface area contributed by atoms with Crippen LogP contribution in [0.15, 0.2) is 0 Å². The number of hydrogen-bond donors (Lipinski definition) is 0. The zero-order valence-electron chi connectivity index (χ0n) is 7.03. The largest absolute Gasteiger partial charge is 1.00 e. The normalized spacial score (nSPS) is 11.3. The second-order valence-electron chi connectivity index (χ2n) is 2.41.